The quantitative estimate of drug-likeness (QED) is 0.862. The van der Waals surface area contributed by atoms with Crippen molar-refractivity contribution < 1.29 is 4.39 Å². The number of benzene rings is 1. The van der Waals surface area contributed by atoms with E-state index < -0.39 is 0 Å². The molecule has 2 aliphatic rings. The zero-order chi connectivity index (χ0) is 14.3. The maximum absolute atomic E-state index is 13.9. The lowest BCUT2D eigenvalue weighted by molar-refractivity contribution is 0.149. The predicted octanol–water partition coefficient (Wildman–Crippen LogP) is 2.37. The lowest BCUT2D eigenvalue weighted by Gasteiger charge is -2.33. The summed E-state index contributed by atoms with van der Waals surface area (Å²) >= 11 is 6.25. The molecule has 104 valence electrons. The van der Waals surface area contributed by atoms with Gasteiger partial charge in [-0.25, -0.2) is 14.4 Å². The first-order valence-corrected chi connectivity index (χ1v) is 6.60. The molecule has 0 fully saturated rings. The number of nitrogens with zero attached hydrogens (tertiary/aromatic N) is 3. The van der Waals surface area contributed by atoms with E-state index in [4.69, 9.17) is 11.6 Å². The van der Waals surface area contributed by atoms with E-state index in [1.807, 2.05) is 23.1 Å². The minimum atomic E-state index is -0.279. The van der Waals surface area contributed by atoms with Crippen molar-refractivity contribution in [2.45, 2.75) is 0 Å². The monoisotopic (exact) mass is 292 g/mol. The zero-order valence-corrected chi connectivity index (χ0v) is 11.9. The van der Waals surface area contributed by atoms with Gasteiger partial charge in [0.05, 0.1) is 17.3 Å². The van der Waals surface area contributed by atoms with Gasteiger partial charge in [-0.15, -0.1) is 0 Å². The highest BCUT2D eigenvalue weighted by Crippen LogP contribution is 2.30. The summed E-state index contributed by atoms with van der Waals surface area (Å²) < 4.78 is 13.9. The molecule has 0 atom stereocenters. The van der Waals surface area contributed by atoms with Gasteiger partial charge in [-0.2, -0.15) is 0 Å². The number of halogens is 2. The van der Waals surface area contributed by atoms with Gasteiger partial charge >= 0.3 is 0 Å². The summed E-state index contributed by atoms with van der Waals surface area (Å²) in [4.78, 5) is 4.25. The number of hydrogen-bond donors (Lipinski definition) is 1. The van der Waals surface area contributed by atoms with E-state index in [9.17, 15) is 4.39 Å². The van der Waals surface area contributed by atoms with Crippen molar-refractivity contribution in [3.8, 4) is 0 Å². The smallest absolute Gasteiger partial charge is 0.146 e. The maximum atomic E-state index is 13.9. The number of aliphatic imine (C=N–C) groups is 1. The summed E-state index contributed by atoms with van der Waals surface area (Å²) in [5, 5.41) is 7.69. The van der Waals surface area contributed by atoms with Crippen LogP contribution in [0.2, 0.25) is 0 Å². The summed E-state index contributed by atoms with van der Waals surface area (Å²) in [6, 6.07) is 6.62. The Kier molecular flexibility index (Phi) is 3.23. The highest BCUT2D eigenvalue weighted by Gasteiger charge is 2.33. The molecule has 1 N–H and O–H groups in total. The molecule has 0 radical (unpaired) electrons. The molecule has 0 amide bonds. The molecule has 1 aromatic rings. The highest BCUT2D eigenvalue weighted by molar-refractivity contribution is 6.30. The minimum Gasteiger partial charge on any atom is -0.339 e. The highest BCUT2D eigenvalue weighted by atomic mass is 35.5. The van der Waals surface area contributed by atoms with Crippen LogP contribution in [0.3, 0.4) is 0 Å². The van der Waals surface area contributed by atoms with Crippen LogP contribution in [0.25, 0.3) is 5.70 Å². The van der Waals surface area contributed by atoms with Crippen molar-refractivity contribution in [1.82, 2.24) is 15.3 Å². The van der Waals surface area contributed by atoms with Crippen molar-refractivity contribution >= 4 is 23.1 Å². The van der Waals surface area contributed by atoms with Crippen molar-refractivity contribution in [1.29, 1.82) is 0 Å². The van der Waals surface area contributed by atoms with Crippen LogP contribution in [0.4, 0.5) is 4.39 Å². The van der Waals surface area contributed by atoms with Crippen molar-refractivity contribution in [3.05, 3.63) is 52.6 Å². The van der Waals surface area contributed by atoms with E-state index in [0.29, 0.717) is 22.8 Å². The van der Waals surface area contributed by atoms with E-state index in [1.165, 1.54) is 6.07 Å². The fourth-order valence-corrected chi connectivity index (χ4v) is 2.68. The molecule has 20 heavy (non-hydrogen) atoms. The fraction of sp³-hybridized carbons (Fsp3) is 0.214. The van der Waals surface area contributed by atoms with E-state index in [2.05, 4.69) is 10.3 Å². The number of rotatable bonds is 1. The van der Waals surface area contributed by atoms with Crippen LogP contribution in [0.15, 0.2) is 46.2 Å². The Hall–Kier alpha value is -1.85. The molecule has 2 aliphatic heterocycles. The minimum absolute atomic E-state index is 0.279. The summed E-state index contributed by atoms with van der Waals surface area (Å²) in [5.74, 6) is 1.17. The molecule has 2 heterocycles. The molecule has 0 spiro atoms. The van der Waals surface area contributed by atoms with Crippen molar-refractivity contribution in [2.75, 3.05) is 20.6 Å². The standard InChI is InChI=1S/C14H14ClFN4/c1-17-13-7-12(9-5-3-4-6-11(9)16)18-14-10(15)8-19(2)20(13)14/h3-7,18H,8H2,1-2H3. The predicted molar refractivity (Wildman–Crippen MR) is 78.2 cm³/mol. The third-order valence-corrected chi connectivity index (χ3v) is 3.61. The number of amidine groups is 1. The average molecular weight is 293 g/mol. The topological polar surface area (TPSA) is 30.9 Å². The van der Waals surface area contributed by atoms with Gasteiger partial charge in [-0.3, -0.25) is 4.99 Å². The Balaban J connectivity index is 2.09. The Morgan fingerprint density at radius 3 is 2.80 bits per heavy atom. The van der Waals surface area contributed by atoms with Gasteiger partial charge in [-0.1, -0.05) is 23.7 Å². The first kappa shape index (κ1) is 13.1. The van der Waals surface area contributed by atoms with Gasteiger partial charge in [0.2, 0.25) is 0 Å². The molecule has 0 aromatic heterocycles. The average Bonchev–Trinajstić information content (AvgIpc) is 2.74. The van der Waals surface area contributed by atoms with Crippen molar-refractivity contribution in [3.63, 3.8) is 0 Å². The first-order valence-electron chi connectivity index (χ1n) is 6.22. The molecule has 1 aromatic carbocycles. The number of nitrogens with one attached hydrogen (secondary N) is 1. The van der Waals surface area contributed by atoms with Crippen LogP contribution in [0.5, 0.6) is 0 Å². The molecular weight excluding hydrogens is 279 g/mol. The second-order valence-corrected chi connectivity index (χ2v) is 5.08. The normalized spacial score (nSPS) is 21.1. The van der Waals surface area contributed by atoms with Crippen LogP contribution >= 0.6 is 11.6 Å². The van der Waals surface area contributed by atoms with Crippen LogP contribution in [0, 0.1) is 5.82 Å². The number of hydrazine groups is 1. The maximum Gasteiger partial charge on any atom is 0.146 e. The van der Waals surface area contributed by atoms with Gasteiger partial charge < -0.3 is 5.32 Å². The first-order chi connectivity index (χ1) is 9.61. The number of hydrogen-bond acceptors (Lipinski definition) is 3. The second-order valence-electron chi connectivity index (χ2n) is 4.63. The van der Waals surface area contributed by atoms with Gasteiger partial charge in [-0.05, 0) is 12.1 Å². The van der Waals surface area contributed by atoms with E-state index in [-0.39, 0.29) is 5.82 Å². The lowest BCUT2D eigenvalue weighted by Crippen LogP contribution is -2.44. The Bertz CT molecular complexity index is 650. The summed E-state index contributed by atoms with van der Waals surface area (Å²) in [6.07, 6.45) is 1.81. The van der Waals surface area contributed by atoms with Crippen LogP contribution in [-0.2, 0) is 0 Å². The molecule has 0 saturated carbocycles. The zero-order valence-electron chi connectivity index (χ0n) is 11.2. The number of fused-ring (bicyclic) bond motifs is 1. The summed E-state index contributed by atoms with van der Waals surface area (Å²) in [7, 11) is 3.62. The summed E-state index contributed by atoms with van der Waals surface area (Å²) in [6.45, 7) is 0.599. The molecule has 0 bridgehead atoms. The second kappa shape index (κ2) is 4.92. The molecule has 3 rings (SSSR count). The SMILES string of the molecule is CN=C1C=C(c2ccccc2F)NC2=C(Cl)CN(C)N12. The molecule has 0 aliphatic carbocycles. The molecule has 6 heteroatoms. The fourth-order valence-electron chi connectivity index (χ4n) is 2.38. The molecular formula is C14H14ClFN4. The van der Waals surface area contributed by atoms with E-state index >= 15 is 0 Å². The third kappa shape index (κ3) is 1.99. The largest absolute Gasteiger partial charge is 0.339 e. The Morgan fingerprint density at radius 2 is 2.10 bits per heavy atom. The molecule has 4 nitrogen and oxygen atoms in total. The van der Waals surface area contributed by atoms with Gasteiger partial charge in [0.1, 0.15) is 17.5 Å². The Labute approximate surface area is 121 Å². The van der Waals surface area contributed by atoms with Gasteiger partial charge in [0.15, 0.2) is 0 Å². The van der Waals surface area contributed by atoms with Gasteiger partial charge in [0, 0.05) is 25.7 Å². The van der Waals surface area contributed by atoms with Gasteiger partial charge in [0.25, 0.3) is 0 Å². The summed E-state index contributed by atoms with van der Waals surface area (Å²) in [5.41, 5.74) is 1.16. The van der Waals surface area contributed by atoms with Crippen molar-refractivity contribution in [2.24, 2.45) is 4.99 Å². The third-order valence-electron chi connectivity index (χ3n) is 3.31. The number of likely N-dealkylation sites (N-methyl/N-ethyl adjacent to an activating group) is 1. The van der Waals surface area contributed by atoms with E-state index in [0.717, 1.165) is 11.7 Å². The Morgan fingerprint density at radius 1 is 1.35 bits per heavy atom. The van der Waals surface area contributed by atoms with Crippen LogP contribution in [-0.4, -0.2) is 36.5 Å². The molecule has 0 unspecified atom stereocenters. The van der Waals surface area contributed by atoms with Crippen LogP contribution < -0.4 is 5.32 Å². The van der Waals surface area contributed by atoms with Crippen LogP contribution in [0.1, 0.15) is 5.56 Å². The lowest BCUT2D eigenvalue weighted by atomic mass is 10.1. The molecule has 0 saturated heterocycles. The van der Waals surface area contributed by atoms with E-state index in [1.54, 1.807) is 25.2 Å².